The molecule has 0 aliphatic carbocycles. The van der Waals surface area contributed by atoms with Gasteiger partial charge in [-0.2, -0.15) is 0 Å². The van der Waals surface area contributed by atoms with Crippen LogP contribution in [0, 0.1) is 24.7 Å². The maximum absolute atomic E-state index is 5.53. The Labute approximate surface area is 172 Å². The van der Waals surface area contributed by atoms with Crippen molar-refractivity contribution in [2.75, 3.05) is 12.4 Å². The molecule has 1 unspecified atom stereocenters. The standard InChI is InChI=1S/C27H21NO/c1-5-19-7-11-21(12-8-19)25-18-27(3,22-13-9-20(6-2)10-14-22)28-26-17-23(29-4)15-16-24(25)26/h1-2,7-18,28H,3-4H3. The van der Waals surface area contributed by atoms with Crippen molar-refractivity contribution >= 4 is 11.3 Å². The third kappa shape index (κ3) is 3.38. The fourth-order valence-corrected chi connectivity index (χ4v) is 3.72. The van der Waals surface area contributed by atoms with Crippen LogP contribution in [0.1, 0.15) is 34.7 Å². The van der Waals surface area contributed by atoms with E-state index in [0.29, 0.717) is 0 Å². The van der Waals surface area contributed by atoms with Gasteiger partial charge in [0.2, 0.25) is 0 Å². The van der Waals surface area contributed by atoms with Gasteiger partial charge in [-0.05, 0) is 66.1 Å². The summed E-state index contributed by atoms with van der Waals surface area (Å²) in [5.41, 5.74) is 6.85. The van der Waals surface area contributed by atoms with Crippen LogP contribution in [0.5, 0.6) is 5.75 Å². The lowest BCUT2D eigenvalue weighted by atomic mass is 9.81. The van der Waals surface area contributed by atoms with Crippen LogP contribution in [0.4, 0.5) is 5.69 Å². The van der Waals surface area contributed by atoms with Crippen LogP contribution in [0.15, 0.2) is 72.8 Å². The van der Waals surface area contributed by atoms with Crippen molar-refractivity contribution < 1.29 is 4.74 Å². The Morgan fingerprint density at radius 2 is 1.48 bits per heavy atom. The topological polar surface area (TPSA) is 21.3 Å². The molecular weight excluding hydrogens is 354 g/mol. The maximum Gasteiger partial charge on any atom is 0.120 e. The van der Waals surface area contributed by atoms with Gasteiger partial charge in [0.05, 0.1) is 12.6 Å². The van der Waals surface area contributed by atoms with Crippen molar-refractivity contribution in [3.05, 3.63) is 101 Å². The van der Waals surface area contributed by atoms with E-state index < -0.39 is 5.54 Å². The summed E-state index contributed by atoms with van der Waals surface area (Å²) >= 11 is 0. The first-order valence-electron chi connectivity index (χ1n) is 9.40. The molecule has 0 aromatic heterocycles. The zero-order valence-corrected chi connectivity index (χ0v) is 16.5. The van der Waals surface area contributed by atoms with E-state index in [1.54, 1.807) is 7.11 Å². The first kappa shape index (κ1) is 18.5. The molecule has 1 aliphatic rings. The minimum absolute atomic E-state index is 0.410. The van der Waals surface area contributed by atoms with Gasteiger partial charge in [-0.25, -0.2) is 0 Å². The van der Waals surface area contributed by atoms with Gasteiger partial charge in [0.15, 0.2) is 0 Å². The van der Waals surface area contributed by atoms with E-state index in [0.717, 1.165) is 44.8 Å². The van der Waals surface area contributed by atoms with E-state index in [-0.39, 0.29) is 0 Å². The van der Waals surface area contributed by atoms with E-state index in [9.17, 15) is 0 Å². The second-order valence-corrected chi connectivity index (χ2v) is 7.24. The van der Waals surface area contributed by atoms with E-state index >= 15 is 0 Å². The van der Waals surface area contributed by atoms with Gasteiger partial charge in [-0.1, -0.05) is 36.1 Å². The predicted octanol–water partition coefficient (Wildman–Crippen LogP) is 5.43. The molecule has 0 radical (unpaired) electrons. The number of anilines is 1. The largest absolute Gasteiger partial charge is 0.497 e. The number of ether oxygens (including phenoxy) is 1. The molecule has 1 heterocycles. The average Bonchev–Trinajstić information content (AvgIpc) is 2.78. The van der Waals surface area contributed by atoms with Crippen molar-refractivity contribution in [2.45, 2.75) is 12.5 Å². The first-order chi connectivity index (χ1) is 14.1. The van der Waals surface area contributed by atoms with Crippen LogP contribution >= 0.6 is 0 Å². The minimum atomic E-state index is -0.410. The fraction of sp³-hybridized carbons (Fsp3) is 0.111. The summed E-state index contributed by atoms with van der Waals surface area (Å²) in [6, 6.07) is 22.3. The quantitative estimate of drug-likeness (QED) is 0.616. The van der Waals surface area contributed by atoms with E-state index in [1.807, 2.05) is 36.4 Å². The van der Waals surface area contributed by atoms with E-state index in [2.05, 4.69) is 60.5 Å². The Kier molecular flexibility index (Phi) is 4.63. The van der Waals surface area contributed by atoms with Crippen LogP contribution in [-0.4, -0.2) is 7.11 Å². The molecule has 0 saturated heterocycles. The molecule has 140 valence electrons. The average molecular weight is 375 g/mol. The van der Waals surface area contributed by atoms with Crippen molar-refractivity contribution in [3.8, 4) is 30.4 Å². The Morgan fingerprint density at radius 1 is 0.862 bits per heavy atom. The summed E-state index contributed by atoms with van der Waals surface area (Å²) in [5.74, 6) is 6.17. The van der Waals surface area contributed by atoms with Gasteiger partial charge in [0.25, 0.3) is 0 Å². The highest BCUT2D eigenvalue weighted by Gasteiger charge is 2.31. The monoisotopic (exact) mass is 375 g/mol. The van der Waals surface area contributed by atoms with Gasteiger partial charge in [-0.15, -0.1) is 12.8 Å². The maximum atomic E-state index is 5.53. The Morgan fingerprint density at radius 3 is 2.07 bits per heavy atom. The Hall–Kier alpha value is -3.88. The molecule has 1 atom stereocenters. The predicted molar refractivity (Wildman–Crippen MR) is 120 cm³/mol. The third-order valence-electron chi connectivity index (χ3n) is 5.36. The molecule has 0 amide bonds. The number of methoxy groups -OCH3 is 1. The summed E-state index contributed by atoms with van der Waals surface area (Å²) < 4.78 is 5.45. The zero-order chi connectivity index (χ0) is 20.4. The zero-order valence-electron chi connectivity index (χ0n) is 16.5. The smallest absolute Gasteiger partial charge is 0.120 e. The number of hydrogen-bond donors (Lipinski definition) is 1. The summed E-state index contributed by atoms with van der Waals surface area (Å²) in [5, 5.41) is 3.68. The molecular formula is C27H21NO. The van der Waals surface area contributed by atoms with Gasteiger partial charge in [0, 0.05) is 28.4 Å². The van der Waals surface area contributed by atoms with Gasteiger partial charge in [-0.3, -0.25) is 0 Å². The number of terminal acetylenes is 2. The van der Waals surface area contributed by atoms with E-state index in [1.165, 1.54) is 0 Å². The number of benzene rings is 3. The van der Waals surface area contributed by atoms with Gasteiger partial charge >= 0.3 is 0 Å². The van der Waals surface area contributed by atoms with Crippen LogP contribution in [0.25, 0.3) is 5.57 Å². The summed E-state index contributed by atoms with van der Waals surface area (Å²) in [6.45, 7) is 2.16. The first-order valence-corrected chi connectivity index (χ1v) is 9.40. The molecule has 0 bridgehead atoms. The highest BCUT2D eigenvalue weighted by atomic mass is 16.5. The SMILES string of the molecule is C#Cc1ccc(C2=CC(C)(c3ccc(C#C)cc3)Nc3cc(OC)ccc32)cc1. The second-order valence-electron chi connectivity index (χ2n) is 7.24. The molecule has 4 rings (SSSR count). The Balaban J connectivity index is 1.89. The number of rotatable bonds is 3. The molecule has 2 heteroatoms. The highest BCUT2D eigenvalue weighted by Crippen LogP contribution is 2.43. The summed E-state index contributed by atoms with van der Waals surface area (Å²) in [4.78, 5) is 0. The number of fused-ring (bicyclic) bond motifs is 1. The van der Waals surface area contributed by atoms with Crippen molar-refractivity contribution in [2.24, 2.45) is 0 Å². The van der Waals surface area contributed by atoms with Crippen molar-refractivity contribution in [1.29, 1.82) is 0 Å². The van der Waals surface area contributed by atoms with Gasteiger partial charge < -0.3 is 10.1 Å². The number of hydrogen-bond acceptors (Lipinski definition) is 2. The fourth-order valence-electron chi connectivity index (χ4n) is 3.72. The molecule has 29 heavy (non-hydrogen) atoms. The van der Waals surface area contributed by atoms with Crippen LogP contribution in [-0.2, 0) is 5.54 Å². The molecule has 0 fully saturated rings. The highest BCUT2D eigenvalue weighted by molar-refractivity contribution is 5.90. The normalized spacial score (nSPS) is 17.2. The third-order valence-corrected chi connectivity index (χ3v) is 5.36. The van der Waals surface area contributed by atoms with E-state index in [4.69, 9.17) is 17.6 Å². The molecule has 3 aromatic carbocycles. The molecule has 3 aromatic rings. The molecule has 0 saturated carbocycles. The number of nitrogens with one attached hydrogen (secondary N) is 1. The minimum Gasteiger partial charge on any atom is -0.497 e. The summed E-state index contributed by atoms with van der Waals surface area (Å²) in [7, 11) is 1.68. The van der Waals surface area contributed by atoms with Crippen LogP contribution in [0.3, 0.4) is 0 Å². The lowest BCUT2D eigenvalue weighted by molar-refractivity contribution is 0.415. The molecule has 0 spiro atoms. The van der Waals surface area contributed by atoms with Gasteiger partial charge in [0.1, 0.15) is 5.75 Å². The lowest BCUT2D eigenvalue weighted by Crippen LogP contribution is -2.33. The molecule has 2 nitrogen and oxygen atoms in total. The van der Waals surface area contributed by atoms with Crippen molar-refractivity contribution in [3.63, 3.8) is 0 Å². The van der Waals surface area contributed by atoms with Crippen LogP contribution in [0.2, 0.25) is 0 Å². The molecule has 1 aliphatic heterocycles. The van der Waals surface area contributed by atoms with Crippen molar-refractivity contribution in [1.82, 2.24) is 0 Å². The second kappa shape index (κ2) is 7.27. The molecule has 1 N–H and O–H groups in total. The lowest BCUT2D eigenvalue weighted by Gasteiger charge is -2.36. The summed E-state index contributed by atoms with van der Waals surface area (Å²) in [6.07, 6.45) is 13.3. The Bertz CT molecular complexity index is 1170. The van der Waals surface area contributed by atoms with Crippen LogP contribution < -0.4 is 10.1 Å².